The van der Waals surface area contributed by atoms with Crippen LogP contribution in [-0.4, -0.2) is 58.3 Å². The number of piperidine rings is 1. The highest BCUT2D eigenvalue weighted by molar-refractivity contribution is 6.30. The number of carbonyl (C=O) groups is 3. The molecule has 0 spiro atoms. The highest BCUT2D eigenvalue weighted by Gasteiger charge is 2.38. The number of nitrogens with zero attached hydrogens (tertiary/aromatic N) is 1. The number of halogens is 4. The molecule has 1 fully saturated rings. The number of hydrogen-bond acceptors (Lipinski definition) is 4. The van der Waals surface area contributed by atoms with E-state index in [0.29, 0.717) is 16.6 Å². The van der Waals surface area contributed by atoms with Gasteiger partial charge in [-0.1, -0.05) is 17.7 Å². The Morgan fingerprint density at radius 2 is 1.80 bits per heavy atom. The lowest BCUT2D eigenvalue weighted by molar-refractivity contribution is -0.192. The van der Waals surface area contributed by atoms with E-state index in [1.165, 1.54) is 0 Å². The molecule has 1 aliphatic heterocycles. The van der Waals surface area contributed by atoms with Gasteiger partial charge >= 0.3 is 18.1 Å². The van der Waals surface area contributed by atoms with Gasteiger partial charge in [0.1, 0.15) is 0 Å². The normalized spacial score (nSPS) is 16.2. The van der Waals surface area contributed by atoms with Crippen LogP contribution in [0, 0.1) is 5.92 Å². The lowest BCUT2D eigenvalue weighted by Crippen LogP contribution is -2.46. The van der Waals surface area contributed by atoms with Gasteiger partial charge in [-0.2, -0.15) is 13.2 Å². The average molecular weight is 453 g/mol. The van der Waals surface area contributed by atoms with Crippen molar-refractivity contribution < 1.29 is 37.8 Å². The van der Waals surface area contributed by atoms with Crippen molar-refractivity contribution in [1.82, 2.24) is 4.90 Å². The third kappa shape index (κ3) is 9.45. The summed E-state index contributed by atoms with van der Waals surface area (Å²) < 4.78 is 31.7. The molecule has 1 saturated heterocycles. The molecule has 3 N–H and O–H groups in total. The van der Waals surface area contributed by atoms with Crippen molar-refractivity contribution in [1.29, 1.82) is 0 Å². The third-order valence-corrected chi connectivity index (χ3v) is 4.91. The number of carbonyl (C=O) groups excluding carboxylic acids is 1. The van der Waals surface area contributed by atoms with Gasteiger partial charge in [0.15, 0.2) is 0 Å². The van der Waals surface area contributed by atoms with E-state index in [2.05, 4.69) is 10.2 Å². The minimum atomic E-state index is -5.08. The van der Waals surface area contributed by atoms with Crippen molar-refractivity contribution in [2.75, 3.05) is 18.4 Å². The number of nitrogens with one attached hydrogen (secondary N) is 1. The van der Waals surface area contributed by atoms with E-state index in [0.717, 1.165) is 32.4 Å². The Bertz CT molecular complexity index is 737. The smallest absolute Gasteiger partial charge is 0.481 e. The maximum atomic E-state index is 12.3. The summed E-state index contributed by atoms with van der Waals surface area (Å²) in [5.74, 6) is -3.09. The van der Waals surface area contributed by atoms with E-state index in [9.17, 15) is 22.8 Å². The number of likely N-dealkylation sites (tertiary alicyclic amines) is 1. The van der Waals surface area contributed by atoms with Crippen molar-refractivity contribution in [2.24, 2.45) is 5.92 Å². The Morgan fingerprint density at radius 3 is 2.27 bits per heavy atom. The summed E-state index contributed by atoms with van der Waals surface area (Å²) in [6, 6.07) is 6.90. The van der Waals surface area contributed by atoms with Crippen LogP contribution in [0.5, 0.6) is 0 Å². The molecule has 1 aromatic rings. The van der Waals surface area contributed by atoms with Crippen molar-refractivity contribution >= 4 is 35.1 Å². The summed E-state index contributed by atoms with van der Waals surface area (Å²) in [6.45, 7) is 3.56. The minimum absolute atomic E-state index is 0.0451. The van der Waals surface area contributed by atoms with Crippen molar-refractivity contribution in [3.63, 3.8) is 0 Å². The second kappa shape index (κ2) is 11.8. The standard InChI is InChI=1S/C17H23ClN2O3.C2HF3O2/c1-12(17(23)19-15-4-2-3-14(18)11-15)20-9-7-13(8-10-20)5-6-16(21)22;3-2(4,5)1(6)7/h2-4,11-13H,5-10H2,1H3,(H,19,23)(H,21,22);(H,6,7). The zero-order valence-electron chi connectivity index (χ0n) is 16.3. The van der Waals surface area contributed by atoms with Gasteiger partial charge in [0.2, 0.25) is 5.91 Å². The molecule has 1 aliphatic rings. The second-order valence-corrected chi connectivity index (χ2v) is 7.33. The van der Waals surface area contributed by atoms with E-state index >= 15 is 0 Å². The number of rotatable bonds is 6. The zero-order valence-corrected chi connectivity index (χ0v) is 17.0. The lowest BCUT2D eigenvalue weighted by Gasteiger charge is -2.35. The fourth-order valence-corrected chi connectivity index (χ4v) is 3.13. The van der Waals surface area contributed by atoms with Crippen molar-refractivity contribution in [3.05, 3.63) is 29.3 Å². The molecule has 1 unspecified atom stereocenters. The lowest BCUT2D eigenvalue weighted by atomic mass is 9.91. The molecule has 1 heterocycles. The molecule has 11 heteroatoms. The number of alkyl halides is 3. The Labute approximate surface area is 176 Å². The Kier molecular flexibility index (Phi) is 10.1. The minimum Gasteiger partial charge on any atom is -0.481 e. The fraction of sp³-hybridized carbons (Fsp3) is 0.526. The topological polar surface area (TPSA) is 107 Å². The number of aliphatic carboxylic acids is 2. The molecule has 0 bridgehead atoms. The van der Waals surface area contributed by atoms with Crippen LogP contribution in [0.15, 0.2) is 24.3 Å². The van der Waals surface area contributed by atoms with Gasteiger partial charge < -0.3 is 15.5 Å². The molecule has 7 nitrogen and oxygen atoms in total. The predicted molar refractivity (Wildman–Crippen MR) is 104 cm³/mol. The van der Waals surface area contributed by atoms with Crippen LogP contribution in [0.1, 0.15) is 32.6 Å². The molecule has 0 saturated carbocycles. The summed E-state index contributed by atoms with van der Waals surface area (Å²) in [5, 5.41) is 19.3. The molecule has 0 radical (unpaired) electrons. The molecule has 1 amide bonds. The van der Waals surface area contributed by atoms with Gasteiger partial charge in [0.25, 0.3) is 0 Å². The number of amides is 1. The highest BCUT2D eigenvalue weighted by atomic mass is 35.5. The number of carboxylic acid groups (broad SMARTS) is 2. The number of benzene rings is 1. The van der Waals surface area contributed by atoms with Gasteiger partial charge in [0.05, 0.1) is 6.04 Å². The van der Waals surface area contributed by atoms with Crippen LogP contribution in [-0.2, 0) is 14.4 Å². The Balaban J connectivity index is 0.000000553. The first kappa shape index (κ1) is 25.7. The van der Waals surface area contributed by atoms with Crippen LogP contribution in [0.2, 0.25) is 5.02 Å². The molecule has 0 aliphatic carbocycles. The Hall–Kier alpha value is -2.33. The summed E-state index contributed by atoms with van der Waals surface area (Å²) in [5.41, 5.74) is 0.700. The van der Waals surface area contributed by atoms with E-state index in [-0.39, 0.29) is 18.4 Å². The first-order valence-corrected chi connectivity index (χ1v) is 9.60. The first-order valence-electron chi connectivity index (χ1n) is 9.22. The number of carboxylic acids is 2. The van der Waals surface area contributed by atoms with Crippen LogP contribution in [0.3, 0.4) is 0 Å². The SMILES string of the molecule is CC(C(=O)Nc1cccc(Cl)c1)N1CCC(CCC(=O)O)CC1.O=C(O)C(F)(F)F. The van der Waals surface area contributed by atoms with Gasteiger partial charge in [-0.05, 0) is 63.4 Å². The molecule has 0 aromatic heterocycles. The maximum absolute atomic E-state index is 12.3. The summed E-state index contributed by atoms with van der Waals surface area (Å²) in [7, 11) is 0. The van der Waals surface area contributed by atoms with Gasteiger partial charge in [-0.15, -0.1) is 0 Å². The van der Waals surface area contributed by atoms with Gasteiger partial charge in [0, 0.05) is 17.1 Å². The maximum Gasteiger partial charge on any atom is 0.490 e. The summed E-state index contributed by atoms with van der Waals surface area (Å²) in [4.78, 5) is 34.0. The highest BCUT2D eigenvalue weighted by Crippen LogP contribution is 2.24. The van der Waals surface area contributed by atoms with Crippen molar-refractivity contribution in [3.8, 4) is 0 Å². The molecule has 2 rings (SSSR count). The van der Waals surface area contributed by atoms with E-state index < -0.39 is 18.1 Å². The van der Waals surface area contributed by atoms with Crippen LogP contribution < -0.4 is 5.32 Å². The predicted octanol–water partition coefficient (Wildman–Crippen LogP) is 3.88. The third-order valence-electron chi connectivity index (χ3n) is 4.68. The van der Waals surface area contributed by atoms with Crippen LogP contribution >= 0.6 is 11.6 Å². The Morgan fingerprint density at radius 1 is 1.23 bits per heavy atom. The molecular weight excluding hydrogens is 429 g/mol. The fourth-order valence-electron chi connectivity index (χ4n) is 2.94. The molecular formula is C19H24ClF3N2O5. The number of hydrogen-bond donors (Lipinski definition) is 3. The van der Waals surface area contributed by atoms with Crippen LogP contribution in [0.4, 0.5) is 18.9 Å². The monoisotopic (exact) mass is 452 g/mol. The van der Waals surface area contributed by atoms with Gasteiger partial charge in [-0.25, -0.2) is 4.79 Å². The largest absolute Gasteiger partial charge is 0.490 e. The second-order valence-electron chi connectivity index (χ2n) is 6.89. The van der Waals surface area contributed by atoms with Crippen LogP contribution in [0.25, 0.3) is 0 Å². The molecule has 30 heavy (non-hydrogen) atoms. The van der Waals surface area contributed by atoms with E-state index in [1.54, 1.807) is 18.2 Å². The summed E-state index contributed by atoms with van der Waals surface area (Å²) >= 11 is 5.92. The van der Waals surface area contributed by atoms with E-state index in [4.69, 9.17) is 26.6 Å². The quantitative estimate of drug-likeness (QED) is 0.604. The van der Waals surface area contributed by atoms with E-state index in [1.807, 2.05) is 13.0 Å². The number of anilines is 1. The van der Waals surface area contributed by atoms with Crippen molar-refractivity contribution in [2.45, 2.75) is 44.8 Å². The molecule has 1 atom stereocenters. The first-order chi connectivity index (χ1) is 13.9. The average Bonchev–Trinajstić information content (AvgIpc) is 2.66. The zero-order chi connectivity index (χ0) is 22.9. The summed E-state index contributed by atoms with van der Waals surface area (Å²) in [6.07, 6.45) is -2.23. The molecule has 168 valence electrons. The molecule has 1 aromatic carbocycles. The van der Waals surface area contributed by atoms with Gasteiger partial charge in [-0.3, -0.25) is 14.5 Å².